The monoisotopic (exact) mass is 422 g/mol. The van der Waals surface area contributed by atoms with Crippen LogP contribution in [0.4, 0.5) is 0 Å². The van der Waals surface area contributed by atoms with E-state index in [-0.39, 0.29) is 0 Å². The molecule has 0 aliphatic carbocycles. The minimum Gasteiger partial charge on any atom is -0.463 e. The minimum atomic E-state index is -0.506. The van der Waals surface area contributed by atoms with Gasteiger partial charge in [0.15, 0.2) is 0 Å². The highest BCUT2D eigenvalue weighted by Crippen LogP contribution is 2.12. The molecule has 0 saturated heterocycles. The summed E-state index contributed by atoms with van der Waals surface area (Å²) in [6.45, 7) is 5.06. The third kappa shape index (κ3) is 22.7. The van der Waals surface area contributed by atoms with Crippen molar-refractivity contribution in [3.05, 3.63) is 24.3 Å². The number of hydrogen-bond acceptors (Lipinski definition) is 4. The van der Waals surface area contributed by atoms with E-state index in [9.17, 15) is 9.59 Å². The molecule has 0 rings (SSSR count). The van der Waals surface area contributed by atoms with Gasteiger partial charge in [-0.05, 0) is 19.3 Å². The van der Waals surface area contributed by atoms with Crippen LogP contribution in [-0.4, -0.2) is 25.2 Å². The van der Waals surface area contributed by atoms with E-state index in [0.29, 0.717) is 19.6 Å². The van der Waals surface area contributed by atoms with Gasteiger partial charge in [-0.15, -0.1) is 0 Å². The maximum Gasteiger partial charge on any atom is 0.331 e. The molecular weight excluding hydrogens is 376 g/mol. The van der Waals surface area contributed by atoms with Crippen molar-refractivity contribution in [1.29, 1.82) is 0 Å². The van der Waals surface area contributed by atoms with Crippen LogP contribution >= 0.6 is 0 Å². The predicted octanol–water partition coefficient (Wildman–Crippen LogP) is 7.47. The van der Waals surface area contributed by atoms with Crippen molar-refractivity contribution in [2.24, 2.45) is 0 Å². The number of carbonyl (C=O) groups is 2. The van der Waals surface area contributed by atoms with Gasteiger partial charge in [0, 0.05) is 12.2 Å². The second-order valence-electron chi connectivity index (χ2n) is 7.93. The first kappa shape index (κ1) is 28.4. The Bertz CT molecular complexity index is 454. The molecule has 0 aromatic heterocycles. The zero-order valence-corrected chi connectivity index (χ0v) is 19.7. The van der Waals surface area contributed by atoms with Gasteiger partial charge < -0.3 is 9.47 Å². The third-order valence-electron chi connectivity index (χ3n) is 5.03. The molecule has 0 aromatic carbocycles. The van der Waals surface area contributed by atoms with Crippen LogP contribution in [0.25, 0.3) is 0 Å². The summed E-state index contributed by atoms with van der Waals surface area (Å²) in [5.41, 5.74) is 0. The molecule has 0 aliphatic rings. The van der Waals surface area contributed by atoms with Gasteiger partial charge in [-0.3, -0.25) is 0 Å². The van der Waals surface area contributed by atoms with Crippen molar-refractivity contribution in [1.82, 2.24) is 0 Å². The first-order valence-electron chi connectivity index (χ1n) is 12.4. The summed E-state index contributed by atoms with van der Waals surface area (Å²) in [6.07, 6.45) is 26.1. The van der Waals surface area contributed by atoms with Crippen molar-refractivity contribution < 1.29 is 19.1 Å². The van der Waals surface area contributed by atoms with Crippen molar-refractivity contribution in [3.63, 3.8) is 0 Å². The molecule has 0 saturated carbocycles. The molecule has 0 heterocycles. The van der Waals surface area contributed by atoms with E-state index in [1.807, 2.05) is 12.2 Å². The van der Waals surface area contributed by atoms with Crippen molar-refractivity contribution >= 4 is 11.9 Å². The summed E-state index contributed by atoms with van der Waals surface area (Å²) in [4.78, 5) is 23.0. The van der Waals surface area contributed by atoms with Crippen LogP contribution in [0.2, 0.25) is 0 Å². The third-order valence-corrected chi connectivity index (χ3v) is 5.03. The normalized spacial score (nSPS) is 11.4. The fourth-order valence-electron chi connectivity index (χ4n) is 3.21. The number of allylic oxidation sites excluding steroid dienone is 1. The molecule has 0 radical (unpaired) electrons. The zero-order valence-electron chi connectivity index (χ0n) is 19.7. The lowest BCUT2D eigenvalue weighted by atomic mass is 10.0. The molecule has 0 amide bonds. The summed E-state index contributed by atoms with van der Waals surface area (Å²) in [5.74, 6) is -0.985. The maximum atomic E-state index is 11.6. The van der Waals surface area contributed by atoms with Crippen LogP contribution < -0.4 is 0 Å². The molecule has 30 heavy (non-hydrogen) atoms. The highest BCUT2D eigenvalue weighted by molar-refractivity contribution is 5.91. The highest BCUT2D eigenvalue weighted by atomic mass is 16.5. The van der Waals surface area contributed by atoms with Gasteiger partial charge in [0.05, 0.1) is 13.2 Å². The quantitative estimate of drug-likeness (QED) is 0.0833. The molecular formula is C26H46O4. The van der Waals surface area contributed by atoms with Gasteiger partial charge in [-0.25, -0.2) is 9.59 Å². The lowest BCUT2D eigenvalue weighted by Gasteiger charge is -2.04. The first-order chi connectivity index (χ1) is 14.7. The largest absolute Gasteiger partial charge is 0.463 e. The summed E-state index contributed by atoms with van der Waals surface area (Å²) >= 11 is 0. The standard InChI is InChI=1S/C26H46O4/c1-3-5-7-9-10-11-12-13-14-15-16-17-18-20-24-30-26(28)22-21-25(27)29-23-19-8-6-4-2/h6,8,21-22H,3-5,7,9-20,23-24H2,1-2H3/b8-6+,22-21+. The number of rotatable bonds is 21. The predicted molar refractivity (Wildman–Crippen MR) is 125 cm³/mol. The Morgan fingerprint density at radius 2 is 1.00 bits per heavy atom. The Morgan fingerprint density at radius 3 is 1.47 bits per heavy atom. The number of carbonyl (C=O) groups excluding carboxylic acids is 2. The maximum absolute atomic E-state index is 11.6. The molecule has 4 nitrogen and oxygen atoms in total. The number of hydrogen-bond donors (Lipinski definition) is 0. The van der Waals surface area contributed by atoms with E-state index in [4.69, 9.17) is 9.47 Å². The Balaban J connectivity index is 3.36. The summed E-state index contributed by atoms with van der Waals surface area (Å²) in [7, 11) is 0. The molecule has 0 aliphatic heterocycles. The first-order valence-corrected chi connectivity index (χ1v) is 12.4. The van der Waals surface area contributed by atoms with E-state index in [1.165, 1.54) is 77.0 Å². The average Bonchev–Trinajstić information content (AvgIpc) is 2.74. The SMILES string of the molecule is CC/C=C/CCOC(=O)/C=C/C(=O)OCCCCCCCCCCCCCCCC. The Morgan fingerprint density at radius 1 is 0.567 bits per heavy atom. The lowest BCUT2D eigenvalue weighted by molar-refractivity contribution is -0.140. The van der Waals surface area contributed by atoms with E-state index >= 15 is 0 Å². The zero-order chi connectivity index (χ0) is 22.1. The second-order valence-corrected chi connectivity index (χ2v) is 7.93. The Labute approximate surface area is 185 Å². The van der Waals surface area contributed by atoms with Gasteiger partial charge >= 0.3 is 11.9 Å². The smallest absolute Gasteiger partial charge is 0.331 e. The van der Waals surface area contributed by atoms with Crippen LogP contribution in [0, 0.1) is 0 Å². The molecule has 0 fully saturated rings. The van der Waals surface area contributed by atoms with Gasteiger partial charge in [0.1, 0.15) is 0 Å². The van der Waals surface area contributed by atoms with Crippen molar-refractivity contribution in [2.75, 3.05) is 13.2 Å². The van der Waals surface area contributed by atoms with E-state index in [0.717, 1.165) is 31.4 Å². The van der Waals surface area contributed by atoms with Gasteiger partial charge in [-0.2, -0.15) is 0 Å². The van der Waals surface area contributed by atoms with Crippen LogP contribution in [0.3, 0.4) is 0 Å². The molecule has 174 valence electrons. The molecule has 0 bridgehead atoms. The molecule has 0 atom stereocenters. The Kier molecular flexibility index (Phi) is 22.4. The van der Waals surface area contributed by atoms with E-state index < -0.39 is 11.9 Å². The van der Waals surface area contributed by atoms with Crippen LogP contribution in [-0.2, 0) is 19.1 Å². The number of esters is 2. The lowest BCUT2D eigenvalue weighted by Crippen LogP contribution is -2.06. The van der Waals surface area contributed by atoms with E-state index in [1.54, 1.807) is 0 Å². The van der Waals surface area contributed by atoms with Crippen molar-refractivity contribution in [3.8, 4) is 0 Å². The molecule has 0 unspecified atom stereocenters. The van der Waals surface area contributed by atoms with Crippen LogP contribution in [0.1, 0.15) is 117 Å². The van der Waals surface area contributed by atoms with E-state index in [2.05, 4.69) is 13.8 Å². The number of ether oxygens (including phenoxy) is 2. The van der Waals surface area contributed by atoms with Gasteiger partial charge in [0.2, 0.25) is 0 Å². The molecule has 0 spiro atoms. The van der Waals surface area contributed by atoms with Crippen LogP contribution in [0.15, 0.2) is 24.3 Å². The van der Waals surface area contributed by atoms with Gasteiger partial charge in [0.25, 0.3) is 0 Å². The molecule has 0 N–H and O–H groups in total. The van der Waals surface area contributed by atoms with Gasteiger partial charge in [-0.1, -0.05) is 109 Å². The molecule has 4 heteroatoms. The fourth-order valence-corrected chi connectivity index (χ4v) is 3.21. The topological polar surface area (TPSA) is 52.6 Å². The summed E-state index contributed by atoms with van der Waals surface area (Å²) in [5, 5.41) is 0. The fraction of sp³-hybridized carbons (Fsp3) is 0.769. The van der Waals surface area contributed by atoms with Crippen molar-refractivity contribution in [2.45, 2.75) is 117 Å². The van der Waals surface area contributed by atoms with Crippen LogP contribution in [0.5, 0.6) is 0 Å². The second kappa shape index (κ2) is 23.7. The summed E-state index contributed by atoms with van der Waals surface area (Å²) in [6, 6.07) is 0. The average molecular weight is 423 g/mol. The minimum absolute atomic E-state index is 0.327. The Hall–Kier alpha value is -1.58. The molecule has 0 aromatic rings. The summed E-state index contributed by atoms with van der Waals surface area (Å²) < 4.78 is 10.1. The number of unbranched alkanes of at least 4 members (excludes halogenated alkanes) is 13. The highest BCUT2D eigenvalue weighted by Gasteiger charge is 2.01.